The van der Waals surface area contributed by atoms with E-state index >= 15 is 0 Å². The third kappa shape index (κ3) is 4.46. The topological polar surface area (TPSA) is 59.1 Å². The van der Waals surface area contributed by atoms with Crippen LogP contribution in [0, 0.1) is 0 Å². The summed E-state index contributed by atoms with van der Waals surface area (Å²) in [4.78, 5) is 5.26. The number of aromatic nitrogens is 1. The normalized spacial score (nSPS) is 11.9. The zero-order valence-corrected chi connectivity index (χ0v) is 10.8. The standard InChI is InChI=1S/C8H13ClN2O2S2/c1-2-7-5-10-8(14-7)6-11-15(12,13)4-3-9/h5,11H,2-4,6H2,1H3. The SMILES string of the molecule is CCc1cnc(CNS(=O)(=O)CCCl)s1. The summed E-state index contributed by atoms with van der Waals surface area (Å²) < 4.78 is 25.0. The second-order valence-electron chi connectivity index (χ2n) is 2.90. The molecule has 1 aromatic heterocycles. The lowest BCUT2D eigenvalue weighted by Gasteiger charge is -2.01. The summed E-state index contributed by atoms with van der Waals surface area (Å²) in [5, 5.41) is 0.782. The highest BCUT2D eigenvalue weighted by Gasteiger charge is 2.09. The fraction of sp³-hybridized carbons (Fsp3) is 0.625. The molecule has 7 heteroatoms. The third-order valence-corrected chi connectivity index (χ3v) is 4.62. The summed E-state index contributed by atoms with van der Waals surface area (Å²) in [5.41, 5.74) is 0. The maximum atomic E-state index is 11.3. The Balaban J connectivity index is 2.50. The van der Waals surface area contributed by atoms with E-state index in [-0.39, 0.29) is 18.2 Å². The average Bonchev–Trinajstić information content (AvgIpc) is 2.62. The predicted molar refractivity (Wildman–Crippen MR) is 62.8 cm³/mol. The lowest BCUT2D eigenvalue weighted by molar-refractivity contribution is 0.582. The maximum absolute atomic E-state index is 11.3. The Bertz CT molecular complexity index is 403. The first-order valence-electron chi connectivity index (χ1n) is 4.54. The van der Waals surface area contributed by atoms with Gasteiger partial charge in [0.2, 0.25) is 10.0 Å². The van der Waals surface area contributed by atoms with Crippen molar-refractivity contribution in [2.45, 2.75) is 19.9 Å². The van der Waals surface area contributed by atoms with Crippen LogP contribution in [0.15, 0.2) is 6.20 Å². The Labute approximate surface area is 98.7 Å². The van der Waals surface area contributed by atoms with Crippen LogP contribution in [-0.4, -0.2) is 25.0 Å². The molecule has 0 saturated heterocycles. The second kappa shape index (κ2) is 5.79. The molecule has 0 aliphatic rings. The van der Waals surface area contributed by atoms with Crippen LogP contribution in [0.5, 0.6) is 0 Å². The number of halogens is 1. The molecular weight excluding hydrogens is 256 g/mol. The monoisotopic (exact) mass is 268 g/mol. The number of aryl methyl sites for hydroxylation is 1. The smallest absolute Gasteiger partial charge is 0.213 e. The van der Waals surface area contributed by atoms with Crippen LogP contribution < -0.4 is 4.72 Å². The minimum absolute atomic E-state index is 0.0550. The van der Waals surface area contributed by atoms with Crippen LogP contribution in [0.1, 0.15) is 16.8 Å². The van der Waals surface area contributed by atoms with Gasteiger partial charge in [0.15, 0.2) is 0 Å². The van der Waals surface area contributed by atoms with Crippen molar-refractivity contribution in [2.75, 3.05) is 11.6 Å². The molecule has 15 heavy (non-hydrogen) atoms. The highest BCUT2D eigenvalue weighted by atomic mass is 35.5. The molecule has 1 aromatic rings. The Morgan fingerprint density at radius 2 is 2.33 bits per heavy atom. The van der Waals surface area contributed by atoms with E-state index in [0.29, 0.717) is 0 Å². The molecule has 0 aliphatic carbocycles. The molecular formula is C8H13ClN2O2S2. The number of rotatable bonds is 6. The van der Waals surface area contributed by atoms with Gasteiger partial charge in [0.25, 0.3) is 0 Å². The molecule has 86 valence electrons. The molecule has 4 nitrogen and oxygen atoms in total. The Hall–Kier alpha value is -0.170. The first kappa shape index (κ1) is 12.9. The molecule has 0 amide bonds. The quantitative estimate of drug-likeness (QED) is 0.793. The number of hydrogen-bond donors (Lipinski definition) is 1. The molecule has 0 spiro atoms. The van der Waals surface area contributed by atoms with Crippen molar-refractivity contribution in [3.05, 3.63) is 16.1 Å². The van der Waals surface area contributed by atoms with Gasteiger partial charge in [-0.25, -0.2) is 18.1 Å². The van der Waals surface area contributed by atoms with E-state index in [2.05, 4.69) is 9.71 Å². The first-order valence-corrected chi connectivity index (χ1v) is 7.54. The molecule has 0 aliphatic heterocycles. The fourth-order valence-electron chi connectivity index (χ4n) is 0.939. The van der Waals surface area contributed by atoms with Gasteiger partial charge in [0, 0.05) is 17.0 Å². The first-order chi connectivity index (χ1) is 7.07. The Kier molecular flexibility index (Phi) is 4.98. The molecule has 0 bridgehead atoms. The Morgan fingerprint density at radius 1 is 1.60 bits per heavy atom. The molecule has 0 aromatic carbocycles. The van der Waals surface area contributed by atoms with Gasteiger partial charge in [-0.15, -0.1) is 22.9 Å². The zero-order chi connectivity index (χ0) is 11.3. The number of alkyl halides is 1. The van der Waals surface area contributed by atoms with Crippen LogP contribution >= 0.6 is 22.9 Å². The summed E-state index contributed by atoms with van der Waals surface area (Å²) in [6.45, 7) is 2.29. The minimum atomic E-state index is -3.24. The lowest BCUT2D eigenvalue weighted by Crippen LogP contribution is -2.26. The van der Waals surface area contributed by atoms with E-state index < -0.39 is 10.0 Å². The van der Waals surface area contributed by atoms with Gasteiger partial charge in [-0.05, 0) is 6.42 Å². The highest BCUT2D eigenvalue weighted by Crippen LogP contribution is 2.13. The number of hydrogen-bond acceptors (Lipinski definition) is 4. The van der Waals surface area contributed by atoms with Gasteiger partial charge in [-0.1, -0.05) is 6.92 Å². The summed E-state index contributed by atoms with van der Waals surface area (Å²) in [6.07, 6.45) is 2.70. The molecule has 0 fully saturated rings. The van der Waals surface area contributed by atoms with Crippen molar-refractivity contribution < 1.29 is 8.42 Å². The average molecular weight is 269 g/mol. The minimum Gasteiger partial charge on any atom is -0.248 e. The number of thiazole rings is 1. The van der Waals surface area contributed by atoms with E-state index in [1.807, 2.05) is 6.92 Å². The van der Waals surface area contributed by atoms with E-state index in [4.69, 9.17) is 11.6 Å². The van der Waals surface area contributed by atoms with Gasteiger partial charge in [-0.2, -0.15) is 0 Å². The zero-order valence-electron chi connectivity index (χ0n) is 8.36. The summed E-state index contributed by atoms with van der Waals surface area (Å²) in [7, 11) is -3.24. The highest BCUT2D eigenvalue weighted by molar-refractivity contribution is 7.89. The summed E-state index contributed by atoms with van der Waals surface area (Å²) in [5.74, 6) is 0.0496. The van der Waals surface area contributed by atoms with Crippen LogP contribution in [0.2, 0.25) is 0 Å². The Morgan fingerprint density at radius 3 is 2.87 bits per heavy atom. The van der Waals surface area contributed by atoms with Gasteiger partial charge in [-0.3, -0.25) is 0 Å². The van der Waals surface area contributed by atoms with E-state index in [0.717, 1.165) is 16.3 Å². The van der Waals surface area contributed by atoms with Crippen molar-refractivity contribution in [1.82, 2.24) is 9.71 Å². The molecule has 0 radical (unpaired) electrons. The fourth-order valence-corrected chi connectivity index (χ4v) is 3.15. The number of nitrogens with zero attached hydrogens (tertiary/aromatic N) is 1. The van der Waals surface area contributed by atoms with Crippen LogP contribution in [-0.2, 0) is 23.0 Å². The van der Waals surface area contributed by atoms with Crippen molar-refractivity contribution in [2.24, 2.45) is 0 Å². The molecule has 1 heterocycles. The molecule has 0 unspecified atom stereocenters. The maximum Gasteiger partial charge on any atom is 0.213 e. The summed E-state index contributed by atoms with van der Waals surface area (Å²) in [6, 6.07) is 0. The van der Waals surface area contributed by atoms with Crippen molar-refractivity contribution in [3.63, 3.8) is 0 Å². The number of sulfonamides is 1. The van der Waals surface area contributed by atoms with Gasteiger partial charge in [0.05, 0.1) is 12.3 Å². The van der Waals surface area contributed by atoms with Crippen molar-refractivity contribution in [3.8, 4) is 0 Å². The van der Waals surface area contributed by atoms with E-state index in [1.54, 1.807) is 6.20 Å². The molecule has 0 saturated carbocycles. The van der Waals surface area contributed by atoms with Crippen LogP contribution in [0.3, 0.4) is 0 Å². The second-order valence-corrected chi connectivity index (χ2v) is 6.41. The third-order valence-electron chi connectivity index (χ3n) is 1.74. The number of nitrogens with one attached hydrogen (secondary N) is 1. The lowest BCUT2D eigenvalue weighted by atomic mass is 10.4. The van der Waals surface area contributed by atoms with Gasteiger partial charge in [0.1, 0.15) is 5.01 Å². The van der Waals surface area contributed by atoms with Crippen molar-refractivity contribution in [1.29, 1.82) is 0 Å². The molecule has 1 N–H and O–H groups in total. The van der Waals surface area contributed by atoms with Gasteiger partial charge < -0.3 is 0 Å². The summed E-state index contributed by atoms with van der Waals surface area (Å²) >= 11 is 6.88. The largest absolute Gasteiger partial charge is 0.248 e. The van der Waals surface area contributed by atoms with E-state index in [9.17, 15) is 8.42 Å². The van der Waals surface area contributed by atoms with Crippen LogP contribution in [0.25, 0.3) is 0 Å². The predicted octanol–water partition coefficient (Wildman–Crippen LogP) is 1.36. The van der Waals surface area contributed by atoms with E-state index in [1.165, 1.54) is 11.3 Å². The molecule has 1 rings (SSSR count). The van der Waals surface area contributed by atoms with Crippen LogP contribution in [0.4, 0.5) is 0 Å². The molecule has 0 atom stereocenters. The van der Waals surface area contributed by atoms with Gasteiger partial charge >= 0.3 is 0 Å². The van der Waals surface area contributed by atoms with Crippen molar-refractivity contribution >= 4 is 33.0 Å².